The Labute approximate surface area is 104 Å². The van der Waals surface area contributed by atoms with Gasteiger partial charge in [0, 0.05) is 13.6 Å². The highest BCUT2D eigenvalue weighted by molar-refractivity contribution is 5.20. The molecule has 0 aromatic carbocycles. The summed E-state index contributed by atoms with van der Waals surface area (Å²) in [5, 5.41) is 14.5. The normalized spacial score (nSPS) is 10.7. The number of aryl methyl sites for hydroxylation is 1. The number of unbranched alkanes of at least 4 members (excludes halogenated alkanes) is 7. The summed E-state index contributed by atoms with van der Waals surface area (Å²) in [6.07, 6.45) is 10.7. The quantitative estimate of drug-likeness (QED) is 0.638. The first-order valence-corrected chi connectivity index (χ1v) is 6.81. The third-order valence-corrected chi connectivity index (χ3v) is 2.93. The van der Waals surface area contributed by atoms with E-state index in [4.69, 9.17) is 0 Å². The first-order chi connectivity index (χ1) is 8.34. The molecule has 0 atom stereocenters. The number of hydrogen-bond donors (Lipinski definition) is 1. The molecule has 1 heterocycles. The SMILES string of the molecule is CCCCCCCCCCNc1nnnn1C. The summed E-state index contributed by atoms with van der Waals surface area (Å²) in [6, 6.07) is 0. The number of anilines is 1. The number of tetrazole rings is 1. The lowest BCUT2D eigenvalue weighted by atomic mass is 10.1. The molecule has 1 rings (SSSR count). The maximum absolute atomic E-state index is 3.87. The summed E-state index contributed by atoms with van der Waals surface area (Å²) in [6.45, 7) is 3.22. The third kappa shape index (κ3) is 6.24. The van der Waals surface area contributed by atoms with E-state index in [9.17, 15) is 0 Å². The molecular formula is C12H25N5. The van der Waals surface area contributed by atoms with Crippen molar-refractivity contribution in [2.75, 3.05) is 11.9 Å². The first kappa shape index (κ1) is 13.9. The molecule has 0 aliphatic carbocycles. The number of hydrogen-bond acceptors (Lipinski definition) is 4. The fourth-order valence-corrected chi connectivity index (χ4v) is 1.84. The van der Waals surface area contributed by atoms with Gasteiger partial charge in [0.05, 0.1) is 0 Å². The summed E-state index contributed by atoms with van der Waals surface area (Å²) >= 11 is 0. The van der Waals surface area contributed by atoms with Crippen molar-refractivity contribution in [3.05, 3.63) is 0 Å². The van der Waals surface area contributed by atoms with Crippen LogP contribution in [0.1, 0.15) is 58.3 Å². The van der Waals surface area contributed by atoms with Crippen molar-refractivity contribution < 1.29 is 0 Å². The van der Waals surface area contributed by atoms with Gasteiger partial charge < -0.3 is 5.32 Å². The van der Waals surface area contributed by atoms with Gasteiger partial charge in [0.25, 0.3) is 0 Å². The van der Waals surface area contributed by atoms with Gasteiger partial charge in [0.2, 0.25) is 5.95 Å². The summed E-state index contributed by atoms with van der Waals surface area (Å²) < 4.78 is 1.66. The van der Waals surface area contributed by atoms with Crippen LogP contribution in [-0.4, -0.2) is 26.8 Å². The van der Waals surface area contributed by atoms with E-state index in [0.717, 1.165) is 12.5 Å². The Morgan fingerprint density at radius 2 is 1.65 bits per heavy atom. The maximum atomic E-state index is 3.87. The molecule has 17 heavy (non-hydrogen) atoms. The molecule has 0 saturated heterocycles. The Morgan fingerprint density at radius 3 is 2.24 bits per heavy atom. The minimum Gasteiger partial charge on any atom is -0.353 e. The first-order valence-electron chi connectivity index (χ1n) is 6.81. The van der Waals surface area contributed by atoms with E-state index in [1.165, 1.54) is 51.4 Å². The molecule has 0 saturated carbocycles. The standard InChI is InChI=1S/C12H25N5/c1-3-4-5-6-7-8-9-10-11-13-12-14-15-16-17(12)2/h3-11H2,1-2H3,(H,13,14,16). The summed E-state index contributed by atoms with van der Waals surface area (Å²) in [5.41, 5.74) is 0. The molecule has 98 valence electrons. The Hall–Kier alpha value is -1.13. The second-order valence-electron chi connectivity index (χ2n) is 4.53. The van der Waals surface area contributed by atoms with Crippen LogP contribution in [0.2, 0.25) is 0 Å². The molecule has 0 radical (unpaired) electrons. The van der Waals surface area contributed by atoms with Gasteiger partial charge in [-0.1, -0.05) is 57.0 Å². The average molecular weight is 239 g/mol. The topological polar surface area (TPSA) is 55.6 Å². The van der Waals surface area contributed by atoms with Gasteiger partial charge in [-0.05, 0) is 16.8 Å². The predicted octanol–water partition coefficient (Wildman–Crippen LogP) is 2.76. The zero-order chi connectivity index (χ0) is 12.3. The van der Waals surface area contributed by atoms with E-state index in [0.29, 0.717) is 0 Å². The number of rotatable bonds is 10. The molecule has 0 fully saturated rings. The fourth-order valence-electron chi connectivity index (χ4n) is 1.84. The third-order valence-electron chi connectivity index (χ3n) is 2.93. The van der Waals surface area contributed by atoms with Crippen LogP contribution >= 0.6 is 0 Å². The smallest absolute Gasteiger partial charge is 0.242 e. The highest BCUT2D eigenvalue weighted by Crippen LogP contribution is 2.08. The molecule has 0 unspecified atom stereocenters. The van der Waals surface area contributed by atoms with E-state index in [-0.39, 0.29) is 0 Å². The van der Waals surface area contributed by atoms with Crippen LogP contribution in [0.5, 0.6) is 0 Å². The van der Waals surface area contributed by atoms with Crippen LogP contribution in [0.25, 0.3) is 0 Å². The summed E-state index contributed by atoms with van der Waals surface area (Å²) in [4.78, 5) is 0. The average Bonchev–Trinajstić information content (AvgIpc) is 2.73. The summed E-state index contributed by atoms with van der Waals surface area (Å²) in [7, 11) is 1.84. The largest absolute Gasteiger partial charge is 0.353 e. The van der Waals surface area contributed by atoms with Crippen LogP contribution in [0, 0.1) is 0 Å². The van der Waals surface area contributed by atoms with Crippen LogP contribution in [-0.2, 0) is 7.05 Å². The summed E-state index contributed by atoms with van der Waals surface area (Å²) in [5.74, 6) is 0.757. The molecule has 1 aromatic heterocycles. The molecule has 0 amide bonds. The number of nitrogens with one attached hydrogen (secondary N) is 1. The van der Waals surface area contributed by atoms with E-state index in [1.54, 1.807) is 4.68 Å². The minimum absolute atomic E-state index is 0.757. The van der Waals surface area contributed by atoms with Crippen molar-refractivity contribution >= 4 is 5.95 Å². The lowest BCUT2D eigenvalue weighted by molar-refractivity contribution is 0.580. The van der Waals surface area contributed by atoms with E-state index in [2.05, 4.69) is 27.8 Å². The van der Waals surface area contributed by atoms with Gasteiger partial charge in [-0.3, -0.25) is 0 Å². The molecule has 0 aliphatic heterocycles. The van der Waals surface area contributed by atoms with Crippen LogP contribution < -0.4 is 5.32 Å². The lowest BCUT2D eigenvalue weighted by Gasteiger charge is -2.04. The van der Waals surface area contributed by atoms with Crippen molar-refractivity contribution in [2.24, 2.45) is 7.05 Å². The maximum Gasteiger partial charge on any atom is 0.242 e. The highest BCUT2D eigenvalue weighted by atomic mass is 15.6. The van der Waals surface area contributed by atoms with Crippen LogP contribution in [0.4, 0.5) is 5.95 Å². The van der Waals surface area contributed by atoms with Gasteiger partial charge in [0.15, 0.2) is 0 Å². The number of aromatic nitrogens is 4. The van der Waals surface area contributed by atoms with Gasteiger partial charge >= 0.3 is 0 Å². The second-order valence-corrected chi connectivity index (χ2v) is 4.53. The number of nitrogens with zero attached hydrogens (tertiary/aromatic N) is 4. The van der Waals surface area contributed by atoms with Crippen LogP contribution in [0.3, 0.4) is 0 Å². The van der Waals surface area contributed by atoms with Crippen molar-refractivity contribution in [3.8, 4) is 0 Å². The minimum atomic E-state index is 0.757. The van der Waals surface area contributed by atoms with Gasteiger partial charge in [-0.2, -0.15) is 0 Å². The van der Waals surface area contributed by atoms with E-state index >= 15 is 0 Å². The fraction of sp³-hybridized carbons (Fsp3) is 0.917. The zero-order valence-electron chi connectivity index (χ0n) is 11.2. The molecule has 0 bridgehead atoms. The molecule has 1 aromatic rings. The Morgan fingerprint density at radius 1 is 1.00 bits per heavy atom. The van der Waals surface area contributed by atoms with Gasteiger partial charge in [0.1, 0.15) is 0 Å². The molecule has 1 N–H and O–H groups in total. The van der Waals surface area contributed by atoms with Crippen LogP contribution in [0.15, 0.2) is 0 Å². The Kier molecular flexibility index (Phi) is 7.34. The lowest BCUT2D eigenvalue weighted by Crippen LogP contribution is -2.07. The van der Waals surface area contributed by atoms with Crippen molar-refractivity contribution in [2.45, 2.75) is 58.3 Å². The predicted molar refractivity (Wildman–Crippen MR) is 69.9 cm³/mol. The van der Waals surface area contributed by atoms with E-state index in [1.807, 2.05) is 7.05 Å². The molecule has 5 heteroatoms. The molecule has 0 aliphatic rings. The van der Waals surface area contributed by atoms with Gasteiger partial charge in [-0.25, -0.2) is 4.68 Å². The Balaban J connectivity index is 1.86. The van der Waals surface area contributed by atoms with Crippen molar-refractivity contribution in [1.82, 2.24) is 20.2 Å². The Bertz CT molecular complexity index is 284. The second kappa shape index (κ2) is 8.96. The van der Waals surface area contributed by atoms with Crippen molar-refractivity contribution in [3.63, 3.8) is 0 Å². The highest BCUT2D eigenvalue weighted by Gasteiger charge is 1.99. The molecule has 0 spiro atoms. The molecule has 5 nitrogen and oxygen atoms in total. The zero-order valence-corrected chi connectivity index (χ0v) is 11.2. The van der Waals surface area contributed by atoms with Crippen molar-refractivity contribution in [1.29, 1.82) is 0 Å². The monoisotopic (exact) mass is 239 g/mol. The van der Waals surface area contributed by atoms with E-state index < -0.39 is 0 Å². The van der Waals surface area contributed by atoms with Gasteiger partial charge in [-0.15, -0.1) is 0 Å². The molecular weight excluding hydrogens is 214 g/mol.